The lowest BCUT2D eigenvalue weighted by molar-refractivity contribution is 0.554. The Kier molecular flexibility index (Phi) is 5.71. The molecular weight excluding hydrogens is 304 g/mol. The minimum atomic E-state index is -3.48. The molecule has 1 saturated carbocycles. The van der Waals surface area contributed by atoms with Crippen molar-refractivity contribution in [1.29, 1.82) is 0 Å². The average molecular weight is 329 g/mol. The van der Waals surface area contributed by atoms with Gasteiger partial charge in [0.25, 0.3) is 0 Å². The third-order valence-electron chi connectivity index (χ3n) is 3.92. The molecule has 1 aromatic rings. The minimum absolute atomic E-state index is 0.0425. The lowest BCUT2D eigenvalue weighted by atomic mass is 10.1. The van der Waals surface area contributed by atoms with Crippen LogP contribution in [0.3, 0.4) is 0 Å². The van der Waals surface area contributed by atoms with Crippen molar-refractivity contribution in [2.24, 2.45) is 5.73 Å². The SMILES string of the molecule is CCSC1CCCC1NS(=O)(=O)c1cc(CN)ccc1C. The van der Waals surface area contributed by atoms with E-state index in [1.165, 1.54) is 0 Å². The van der Waals surface area contributed by atoms with Gasteiger partial charge in [0, 0.05) is 17.8 Å². The molecule has 0 amide bonds. The van der Waals surface area contributed by atoms with Gasteiger partial charge in [-0.15, -0.1) is 0 Å². The predicted molar refractivity (Wildman–Crippen MR) is 89.0 cm³/mol. The van der Waals surface area contributed by atoms with Crippen molar-refractivity contribution in [2.45, 2.75) is 55.8 Å². The zero-order chi connectivity index (χ0) is 15.5. The zero-order valence-corrected chi connectivity index (χ0v) is 14.3. The molecule has 0 radical (unpaired) electrons. The molecule has 0 spiro atoms. The first-order valence-corrected chi connectivity index (χ1v) is 9.94. The maximum Gasteiger partial charge on any atom is 0.241 e. The van der Waals surface area contributed by atoms with E-state index in [-0.39, 0.29) is 6.04 Å². The molecule has 0 aliphatic heterocycles. The number of hydrogen-bond donors (Lipinski definition) is 2. The van der Waals surface area contributed by atoms with E-state index in [2.05, 4.69) is 11.6 Å². The van der Waals surface area contributed by atoms with Crippen LogP contribution in [0.1, 0.15) is 37.3 Å². The van der Waals surface area contributed by atoms with Gasteiger partial charge in [0.1, 0.15) is 0 Å². The van der Waals surface area contributed by atoms with Gasteiger partial charge >= 0.3 is 0 Å². The van der Waals surface area contributed by atoms with Crippen LogP contribution in [-0.2, 0) is 16.6 Å². The number of benzene rings is 1. The Morgan fingerprint density at radius 1 is 1.38 bits per heavy atom. The molecular formula is C15H24N2O2S2. The Morgan fingerprint density at radius 3 is 2.81 bits per heavy atom. The number of sulfonamides is 1. The first-order chi connectivity index (χ1) is 9.97. The summed E-state index contributed by atoms with van der Waals surface area (Å²) < 4.78 is 28.2. The summed E-state index contributed by atoms with van der Waals surface area (Å²) in [6.07, 6.45) is 3.10. The second-order valence-corrected chi connectivity index (χ2v) is 8.66. The summed E-state index contributed by atoms with van der Waals surface area (Å²) in [5, 5.41) is 0.391. The fourth-order valence-electron chi connectivity index (χ4n) is 2.80. The molecule has 1 aromatic carbocycles. The highest BCUT2D eigenvalue weighted by atomic mass is 32.2. The Hall–Kier alpha value is -0.560. The van der Waals surface area contributed by atoms with Gasteiger partial charge in [0.2, 0.25) is 10.0 Å². The number of nitrogens with one attached hydrogen (secondary N) is 1. The molecule has 6 heteroatoms. The van der Waals surface area contributed by atoms with E-state index in [1.54, 1.807) is 6.07 Å². The van der Waals surface area contributed by atoms with E-state index in [4.69, 9.17) is 5.73 Å². The summed E-state index contributed by atoms with van der Waals surface area (Å²) in [6, 6.07) is 5.43. The van der Waals surface area contributed by atoms with Gasteiger partial charge in [-0.1, -0.05) is 25.5 Å². The van der Waals surface area contributed by atoms with Crippen molar-refractivity contribution in [1.82, 2.24) is 4.72 Å². The normalized spacial score (nSPS) is 22.6. The number of aryl methyl sites for hydroxylation is 1. The highest BCUT2D eigenvalue weighted by Crippen LogP contribution is 2.31. The van der Waals surface area contributed by atoms with E-state index >= 15 is 0 Å². The van der Waals surface area contributed by atoms with Crippen molar-refractivity contribution in [3.05, 3.63) is 29.3 Å². The number of thioether (sulfide) groups is 1. The van der Waals surface area contributed by atoms with Crippen LogP contribution in [-0.4, -0.2) is 25.5 Å². The summed E-state index contributed by atoms with van der Waals surface area (Å²) >= 11 is 1.85. The minimum Gasteiger partial charge on any atom is -0.326 e. The van der Waals surface area contributed by atoms with E-state index < -0.39 is 10.0 Å². The first kappa shape index (κ1) is 16.8. The van der Waals surface area contributed by atoms with E-state index in [0.29, 0.717) is 16.7 Å². The van der Waals surface area contributed by atoms with Gasteiger partial charge in [-0.25, -0.2) is 13.1 Å². The van der Waals surface area contributed by atoms with E-state index in [1.807, 2.05) is 30.8 Å². The summed E-state index contributed by atoms with van der Waals surface area (Å²) in [6.45, 7) is 4.28. The monoisotopic (exact) mass is 328 g/mol. The molecule has 1 aliphatic rings. The quantitative estimate of drug-likeness (QED) is 0.841. The summed E-state index contributed by atoms with van der Waals surface area (Å²) in [5.74, 6) is 1.02. The molecule has 4 nitrogen and oxygen atoms in total. The van der Waals surface area contributed by atoms with Crippen molar-refractivity contribution < 1.29 is 8.42 Å². The van der Waals surface area contributed by atoms with E-state index in [0.717, 1.165) is 36.1 Å². The summed E-state index contributed by atoms with van der Waals surface area (Å²) in [5.41, 5.74) is 7.22. The number of nitrogens with two attached hydrogens (primary N) is 1. The van der Waals surface area contributed by atoms with Crippen LogP contribution in [0.15, 0.2) is 23.1 Å². The molecule has 2 unspecified atom stereocenters. The second kappa shape index (κ2) is 7.13. The summed E-state index contributed by atoms with van der Waals surface area (Å²) in [4.78, 5) is 0.359. The molecule has 0 bridgehead atoms. The van der Waals surface area contributed by atoms with Crippen LogP contribution in [0.2, 0.25) is 0 Å². The number of rotatable bonds is 6. The van der Waals surface area contributed by atoms with Gasteiger partial charge in [-0.2, -0.15) is 11.8 Å². The Bertz CT molecular complexity index is 587. The van der Waals surface area contributed by atoms with Gasteiger partial charge in [0.15, 0.2) is 0 Å². The molecule has 1 aliphatic carbocycles. The highest BCUT2D eigenvalue weighted by molar-refractivity contribution is 8.00. The van der Waals surface area contributed by atoms with Crippen LogP contribution >= 0.6 is 11.8 Å². The first-order valence-electron chi connectivity index (χ1n) is 7.41. The molecule has 0 saturated heterocycles. The second-order valence-electron chi connectivity index (χ2n) is 5.46. The van der Waals surface area contributed by atoms with Gasteiger partial charge in [-0.05, 0) is 42.7 Å². The van der Waals surface area contributed by atoms with Crippen LogP contribution in [0, 0.1) is 6.92 Å². The molecule has 2 atom stereocenters. The van der Waals surface area contributed by atoms with Crippen LogP contribution in [0.5, 0.6) is 0 Å². The average Bonchev–Trinajstić information content (AvgIpc) is 2.86. The van der Waals surface area contributed by atoms with Crippen molar-refractivity contribution in [3.8, 4) is 0 Å². The Morgan fingerprint density at radius 2 is 2.14 bits per heavy atom. The molecule has 2 rings (SSSR count). The largest absolute Gasteiger partial charge is 0.326 e. The maximum atomic E-state index is 12.7. The van der Waals surface area contributed by atoms with E-state index in [9.17, 15) is 8.42 Å². The molecule has 118 valence electrons. The van der Waals surface area contributed by atoms with Gasteiger partial charge in [0.05, 0.1) is 4.90 Å². The fraction of sp³-hybridized carbons (Fsp3) is 0.600. The maximum absolute atomic E-state index is 12.7. The molecule has 21 heavy (non-hydrogen) atoms. The van der Waals surface area contributed by atoms with Gasteiger partial charge < -0.3 is 5.73 Å². The zero-order valence-electron chi connectivity index (χ0n) is 12.6. The van der Waals surface area contributed by atoms with Gasteiger partial charge in [-0.3, -0.25) is 0 Å². The molecule has 3 N–H and O–H groups in total. The van der Waals surface area contributed by atoms with Crippen molar-refractivity contribution in [3.63, 3.8) is 0 Å². The lowest BCUT2D eigenvalue weighted by Gasteiger charge is -2.21. The highest BCUT2D eigenvalue weighted by Gasteiger charge is 2.31. The Balaban J connectivity index is 2.22. The molecule has 0 heterocycles. The number of hydrogen-bond acceptors (Lipinski definition) is 4. The van der Waals surface area contributed by atoms with Crippen LogP contribution in [0.25, 0.3) is 0 Å². The van der Waals surface area contributed by atoms with Crippen LogP contribution < -0.4 is 10.5 Å². The van der Waals surface area contributed by atoms with Crippen molar-refractivity contribution in [2.75, 3.05) is 5.75 Å². The van der Waals surface area contributed by atoms with Crippen molar-refractivity contribution >= 4 is 21.8 Å². The topological polar surface area (TPSA) is 72.2 Å². The molecule has 0 aromatic heterocycles. The smallest absolute Gasteiger partial charge is 0.241 e. The third-order valence-corrected chi connectivity index (χ3v) is 6.88. The standard InChI is InChI=1S/C15H24N2O2S2/c1-3-20-14-6-4-5-13(14)17-21(18,19)15-9-12(10-16)8-7-11(15)2/h7-9,13-14,17H,3-6,10,16H2,1-2H3. The van der Waals surface area contributed by atoms with Crippen LogP contribution in [0.4, 0.5) is 0 Å². The summed E-state index contributed by atoms with van der Waals surface area (Å²) in [7, 11) is -3.48. The Labute approximate surface area is 131 Å². The molecule has 1 fully saturated rings. The third kappa shape index (κ3) is 4.00. The predicted octanol–water partition coefficient (Wildman–Crippen LogP) is 2.41. The fourth-order valence-corrected chi connectivity index (χ4v) is 5.69. The lowest BCUT2D eigenvalue weighted by Crippen LogP contribution is -2.39.